The second-order valence-corrected chi connectivity index (χ2v) is 5.73. The maximum Gasteiger partial charge on any atom is 0.411 e. The molecule has 1 heterocycles. The first-order valence-corrected chi connectivity index (χ1v) is 7.43. The Kier molecular flexibility index (Phi) is 5.68. The zero-order valence-corrected chi connectivity index (χ0v) is 12.5. The highest BCUT2D eigenvalue weighted by Crippen LogP contribution is 2.15. The molecule has 2 rings (SSSR count). The normalized spacial score (nSPS) is 16.9. The van der Waals surface area contributed by atoms with Crippen LogP contribution in [0.2, 0.25) is 5.02 Å². The molecule has 0 radical (unpaired) electrons. The van der Waals surface area contributed by atoms with Gasteiger partial charge in [-0.1, -0.05) is 18.5 Å². The third kappa shape index (κ3) is 5.02. The lowest BCUT2D eigenvalue weighted by Gasteiger charge is -2.29. The molecule has 0 aromatic heterocycles. The van der Waals surface area contributed by atoms with Gasteiger partial charge in [0, 0.05) is 17.3 Å². The predicted octanol–water partition coefficient (Wildman–Crippen LogP) is 3.62. The lowest BCUT2D eigenvalue weighted by atomic mass is 9.99. The summed E-state index contributed by atoms with van der Waals surface area (Å²) in [5, 5.41) is 3.32. The molecule has 4 nitrogen and oxygen atoms in total. The highest BCUT2D eigenvalue weighted by Gasteiger charge is 2.15. The van der Waals surface area contributed by atoms with Crippen LogP contribution in [0, 0.1) is 5.92 Å². The van der Waals surface area contributed by atoms with Crippen molar-refractivity contribution in [2.24, 2.45) is 5.92 Å². The van der Waals surface area contributed by atoms with E-state index >= 15 is 0 Å². The Morgan fingerprint density at radius 1 is 1.35 bits per heavy atom. The molecule has 0 atom stereocenters. The Morgan fingerprint density at radius 2 is 2.00 bits per heavy atom. The number of hydrogen-bond donors (Lipinski definition) is 1. The van der Waals surface area contributed by atoms with Gasteiger partial charge in [-0.3, -0.25) is 10.2 Å². The van der Waals surface area contributed by atoms with Gasteiger partial charge in [-0.2, -0.15) is 0 Å². The molecule has 5 heteroatoms. The number of benzene rings is 1. The molecule has 1 aromatic carbocycles. The third-order valence-corrected chi connectivity index (χ3v) is 3.86. The Balaban J connectivity index is 1.64. The van der Waals surface area contributed by atoms with Crippen LogP contribution in [0.3, 0.4) is 0 Å². The van der Waals surface area contributed by atoms with Gasteiger partial charge in [-0.05, 0) is 56.1 Å². The van der Waals surface area contributed by atoms with Crippen LogP contribution in [0.4, 0.5) is 10.5 Å². The van der Waals surface area contributed by atoms with Crippen molar-refractivity contribution in [3.8, 4) is 0 Å². The maximum atomic E-state index is 11.6. The Morgan fingerprint density at radius 3 is 2.65 bits per heavy atom. The average Bonchev–Trinajstić information content (AvgIpc) is 2.44. The van der Waals surface area contributed by atoms with Gasteiger partial charge < -0.3 is 4.74 Å². The SMILES string of the molecule is CC1CCN(CCOC(=O)Nc2ccc(Cl)cc2)CC1. The van der Waals surface area contributed by atoms with Crippen LogP contribution in [0.25, 0.3) is 0 Å². The van der Waals surface area contributed by atoms with E-state index < -0.39 is 6.09 Å². The number of ether oxygens (including phenoxy) is 1. The van der Waals surface area contributed by atoms with E-state index in [1.54, 1.807) is 24.3 Å². The molecule has 0 spiro atoms. The van der Waals surface area contributed by atoms with E-state index in [0.717, 1.165) is 25.6 Å². The van der Waals surface area contributed by atoms with Crippen molar-refractivity contribution in [2.45, 2.75) is 19.8 Å². The predicted molar refractivity (Wildman–Crippen MR) is 81.3 cm³/mol. The van der Waals surface area contributed by atoms with E-state index in [0.29, 0.717) is 17.3 Å². The minimum Gasteiger partial charge on any atom is -0.448 e. The van der Waals surface area contributed by atoms with Crippen LogP contribution in [0.1, 0.15) is 19.8 Å². The Hall–Kier alpha value is -1.26. The first-order chi connectivity index (χ1) is 9.63. The minimum absolute atomic E-state index is 0.419. The maximum absolute atomic E-state index is 11.6. The van der Waals surface area contributed by atoms with Gasteiger partial charge in [0.2, 0.25) is 0 Å². The van der Waals surface area contributed by atoms with Crippen molar-refractivity contribution in [1.82, 2.24) is 4.90 Å². The number of carbonyl (C=O) groups excluding carboxylic acids is 1. The second kappa shape index (κ2) is 7.50. The van der Waals surface area contributed by atoms with Crippen LogP contribution in [0.5, 0.6) is 0 Å². The highest BCUT2D eigenvalue weighted by molar-refractivity contribution is 6.30. The number of anilines is 1. The fourth-order valence-corrected chi connectivity index (χ4v) is 2.37. The highest BCUT2D eigenvalue weighted by atomic mass is 35.5. The number of rotatable bonds is 4. The molecule has 0 unspecified atom stereocenters. The molecule has 1 amide bonds. The van der Waals surface area contributed by atoms with Crippen molar-refractivity contribution < 1.29 is 9.53 Å². The Labute approximate surface area is 125 Å². The number of amides is 1. The van der Waals surface area contributed by atoms with E-state index in [-0.39, 0.29) is 0 Å². The van der Waals surface area contributed by atoms with Crippen molar-refractivity contribution in [3.05, 3.63) is 29.3 Å². The van der Waals surface area contributed by atoms with Crippen molar-refractivity contribution >= 4 is 23.4 Å². The lowest BCUT2D eigenvalue weighted by molar-refractivity contribution is 0.123. The van der Waals surface area contributed by atoms with E-state index in [9.17, 15) is 4.79 Å². The molecule has 1 aromatic rings. The molecular weight excluding hydrogens is 276 g/mol. The number of nitrogens with zero attached hydrogens (tertiary/aromatic N) is 1. The summed E-state index contributed by atoms with van der Waals surface area (Å²) >= 11 is 5.78. The molecule has 1 saturated heterocycles. The molecule has 1 aliphatic heterocycles. The molecule has 0 bridgehead atoms. The van der Waals surface area contributed by atoms with Gasteiger partial charge in [-0.25, -0.2) is 4.79 Å². The molecular formula is C15H21ClN2O2. The topological polar surface area (TPSA) is 41.6 Å². The zero-order chi connectivity index (χ0) is 14.4. The molecule has 1 fully saturated rings. The standard InChI is InChI=1S/C15H21ClN2O2/c1-12-6-8-18(9-7-12)10-11-20-15(19)17-14-4-2-13(16)3-5-14/h2-5,12H,6-11H2,1H3,(H,17,19). The van der Waals surface area contributed by atoms with Crippen LogP contribution in [0.15, 0.2) is 24.3 Å². The molecule has 1 N–H and O–H groups in total. The smallest absolute Gasteiger partial charge is 0.411 e. The fraction of sp³-hybridized carbons (Fsp3) is 0.533. The van der Waals surface area contributed by atoms with Gasteiger partial charge in [0.15, 0.2) is 0 Å². The van der Waals surface area contributed by atoms with E-state index in [1.165, 1.54) is 12.8 Å². The van der Waals surface area contributed by atoms with Crippen LogP contribution < -0.4 is 5.32 Å². The summed E-state index contributed by atoms with van der Waals surface area (Å²) < 4.78 is 5.18. The van der Waals surface area contributed by atoms with Crippen molar-refractivity contribution in [1.29, 1.82) is 0 Å². The number of piperidine rings is 1. The first kappa shape index (κ1) is 15.1. The molecule has 20 heavy (non-hydrogen) atoms. The average molecular weight is 297 g/mol. The zero-order valence-electron chi connectivity index (χ0n) is 11.8. The number of halogens is 1. The van der Waals surface area contributed by atoms with Crippen molar-refractivity contribution in [2.75, 3.05) is 31.6 Å². The van der Waals surface area contributed by atoms with Gasteiger partial charge in [0.25, 0.3) is 0 Å². The largest absolute Gasteiger partial charge is 0.448 e. The molecule has 110 valence electrons. The number of likely N-dealkylation sites (tertiary alicyclic amines) is 1. The summed E-state index contributed by atoms with van der Waals surface area (Å²) in [5.74, 6) is 0.820. The van der Waals surface area contributed by atoms with E-state index in [4.69, 9.17) is 16.3 Å². The number of hydrogen-bond acceptors (Lipinski definition) is 3. The molecule has 0 aliphatic carbocycles. The van der Waals surface area contributed by atoms with Crippen LogP contribution in [-0.2, 0) is 4.74 Å². The first-order valence-electron chi connectivity index (χ1n) is 7.05. The monoisotopic (exact) mass is 296 g/mol. The second-order valence-electron chi connectivity index (χ2n) is 5.29. The van der Waals surface area contributed by atoms with E-state index in [2.05, 4.69) is 17.1 Å². The molecule has 1 aliphatic rings. The van der Waals surface area contributed by atoms with Crippen molar-refractivity contribution in [3.63, 3.8) is 0 Å². The van der Waals surface area contributed by atoms with Gasteiger partial charge in [0.05, 0.1) is 0 Å². The number of nitrogens with one attached hydrogen (secondary N) is 1. The van der Waals surface area contributed by atoms with Gasteiger partial charge in [-0.15, -0.1) is 0 Å². The Bertz CT molecular complexity index is 428. The lowest BCUT2D eigenvalue weighted by Crippen LogP contribution is -2.35. The van der Waals surface area contributed by atoms with E-state index in [1.807, 2.05) is 0 Å². The summed E-state index contributed by atoms with van der Waals surface area (Å²) in [4.78, 5) is 13.9. The number of carbonyl (C=O) groups is 1. The third-order valence-electron chi connectivity index (χ3n) is 3.61. The fourth-order valence-electron chi connectivity index (χ4n) is 2.24. The summed E-state index contributed by atoms with van der Waals surface area (Å²) in [5.41, 5.74) is 0.686. The van der Waals surface area contributed by atoms with Gasteiger partial charge in [0.1, 0.15) is 6.61 Å². The molecule has 0 saturated carbocycles. The summed E-state index contributed by atoms with van der Waals surface area (Å²) in [6.07, 6.45) is 2.05. The minimum atomic E-state index is -0.419. The van der Waals surface area contributed by atoms with Crippen LogP contribution in [-0.4, -0.2) is 37.2 Å². The summed E-state index contributed by atoms with van der Waals surface area (Å²) in [6, 6.07) is 6.95. The quantitative estimate of drug-likeness (QED) is 0.922. The van der Waals surface area contributed by atoms with Crippen LogP contribution >= 0.6 is 11.6 Å². The summed E-state index contributed by atoms with van der Waals surface area (Å²) in [7, 11) is 0. The van der Waals surface area contributed by atoms with Gasteiger partial charge >= 0.3 is 6.09 Å². The summed E-state index contributed by atoms with van der Waals surface area (Å²) in [6.45, 7) is 5.72.